The van der Waals surface area contributed by atoms with Crippen molar-refractivity contribution in [3.63, 3.8) is 0 Å². The summed E-state index contributed by atoms with van der Waals surface area (Å²) in [4.78, 5) is 2.87. The zero-order chi connectivity index (χ0) is 12.8. The van der Waals surface area contributed by atoms with Gasteiger partial charge in [-0.15, -0.1) is 0 Å². The van der Waals surface area contributed by atoms with Crippen LogP contribution < -0.4 is 10.5 Å². The van der Waals surface area contributed by atoms with Crippen LogP contribution in [0.15, 0.2) is 24.3 Å². The summed E-state index contributed by atoms with van der Waals surface area (Å²) in [5.41, 5.74) is 6.46. The van der Waals surface area contributed by atoms with Crippen molar-refractivity contribution in [3.8, 4) is 5.75 Å². The van der Waals surface area contributed by atoms with Crippen molar-refractivity contribution in [3.05, 3.63) is 29.8 Å². The van der Waals surface area contributed by atoms with Gasteiger partial charge in [0.1, 0.15) is 17.3 Å². The number of piperidine rings is 1. The minimum atomic E-state index is 0.413. The summed E-state index contributed by atoms with van der Waals surface area (Å²) in [6.07, 6.45) is 4.00. The molecular weight excluding hydrogens is 244 g/mol. The predicted octanol–water partition coefficient (Wildman–Crippen LogP) is 2.19. The van der Waals surface area contributed by atoms with Crippen LogP contribution in [-0.4, -0.2) is 36.1 Å². The molecule has 3 nitrogen and oxygen atoms in total. The molecule has 0 spiro atoms. The van der Waals surface area contributed by atoms with Gasteiger partial charge in [-0.1, -0.05) is 30.8 Å². The van der Waals surface area contributed by atoms with Crippen LogP contribution in [0.25, 0.3) is 0 Å². The molecule has 0 radical (unpaired) electrons. The van der Waals surface area contributed by atoms with Crippen LogP contribution in [0.2, 0.25) is 0 Å². The Kier molecular flexibility index (Phi) is 4.96. The van der Waals surface area contributed by atoms with E-state index in [0.717, 1.165) is 24.5 Å². The Morgan fingerprint density at radius 1 is 1.28 bits per heavy atom. The van der Waals surface area contributed by atoms with Gasteiger partial charge in [0.15, 0.2) is 0 Å². The molecule has 1 aliphatic heterocycles. The summed E-state index contributed by atoms with van der Waals surface area (Å²) in [6, 6.07) is 7.67. The first kappa shape index (κ1) is 13.3. The van der Waals surface area contributed by atoms with Gasteiger partial charge in [-0.05, 0) is 38.1 Å². The van der Waals surface area contributed by atoms with E-state index in [2.05, 4.69) is 4.90 Å². The van der Waals surface area contributed by atoms with Gasteiger partial charge < -0.3 is 10.5 Å². The second-order valence-corrected chi connectivity index (χ2v) is 5.08. The Morgan fingerprint density at radius 2 is 2.06 bits per heavy atom. The SMILES string of the molecule is NC(=S)c1cccc(OCCN2CCCCC2)c1. The smallest absolute Gasteiger partial charge is 0.120 e. The second kappa shape index (κ2) is 6.71. The zero-order valence-corrected chi connectivity index (χ0v) is 11.4. The van der Waals surface area contributed by atoms with Crippen LogP contribution in [0.4, 0.5) is 0 Å². The number of hydrogen-bond acceptors (Lipinski definition) is 3. The van der Waals surface area contributed by atoms with Gasteiger partial charge in [-0.3, -0.25) is 4.90 Å². The molecule has 1 aromatic carbocycles. The highest BCUT2D eigenvalue weighted by Crippen LogP contribution is 2.14. The number of rotatable bonds is 5. The fourth-order valence-electron chi connectivity index (χ4n) is 2.21. The number of ether oxygens (including phenoxy) is 1. The maximum Gasteiger partial charge on any atom is 0.120 e. The maximum absolute atomic E-state index is 5.74. The standard InChI is InChI=1S/C14H20N2OS/c15-14(18)12-5-4-6-13(11-12)17-10-9-16-7-2-1-3-8-16/h4-6,11H,1-3,7-10H2,(H2,15,18). The molecule has 1 fully saturated rings. The molecule has 1 aliphatic rings. The zero-order valence-electron chi connectivity index (χ0n) is 10.6. The molecule has 0 saturated carbocycles. The lowest BCUT2D eigenvalue weighted by Gasteiger charge is -2.26. The summed E-state index contributed by atoms with van der Waals surface area (Å²) in [6.45, 7) is 4.13. The quantitative estimate of drug-likeness (QED) is 0.827. The van der Waals surface area contributed by atoms with Gasteiger partial charge in [0.05, 0.1) is 0 Å². The Bertz CT molecular complexity index is 403. The monoisotopic (exact) mass is 264 g/mol. The first-order valence-corrected chi connectivity index (χ1v) is 6.91. The van der Waals surface area contributed by atoms with Crippen molar-refractivity contribution in [2.24, 2.45) is 5.73 Å². The fraction of sp³-hybridized carbons (Fsp3) is 0.500. The van der Waals surface area contributed by atoms with E-state index >= 15 is 0 Å². The largest absolute Gasteiger partial charge is 0.492 e. The van der Waals surface area contributed by atoms with E-state index in [1.807, 2.05) is 24.3 Å². The minimum absolute atomic E-state index is 0.413. The molecule has 1 heterocycles. The molecular formula is C14H20N2OS. The van der Waals surface area contributed by atoms with Crippen LogP contribution in [0.5, 0.6) is 5.75 Å². The summed E-state index contributed by atoms with van der Waals surface area (Å²) in [5, 5.41) is 0. The third-order valence-electron chi connectivity index (χ3n) is 3.24. The van der Waals surface area contributed by atoms with Crippen molar-refractivity contribution >= 4 is 17.2 Å². The van der Waals surface area contributed by atoms with Crippen LogP contribution >= 0.6 is 12.2 Å². The number of nitrogens with two attached hydrogens (primary N) is 1. The van der Waals surface area contributed by atoms with Crippen molar-refractivity contribution in [1.29, 1.82) is 0 Å². The highest BCUT2D eigenvalue weighted by atomic mass is 32.1. The average molecular weight is 264 g/mol. The van der Waals surface area contributed by atoms with Crippen molar-refractivity contribution in [1.82, 2.24) is 4.90 Å². The Balaban J connectivity index is 1.78. The molecule has 0 amide bonds. The van der Waals surface area contributed by atoms with E-state index in [1.165, 1.54) is 32.4 Å². The van der Waals surface area contributed by atoms with Gasteiger partial charge in [0.25, 0.3) is 0 Å². The summed E-state index contributed by atoms with van der Waals surface area (Å²) in [5.74, 6) is 0.845. The lowest BCUT2D eigenvalue weighted by molar-refractivity contribution is 0.183. The number of benzene rings is 1. The van der Waals surface area contributed by atoms with Gasteiger partial charge in [-0.2, -0.15) is 0 Å². The molecule has 1 saturated heterocycles. The molecule has 18 heavy (non-hydrogen) atoms. The number of thiocarbonyl (C=S) groups is 1. The molecule has 0 aliphatic carbocycles. The average Bonchev–Trinajstić information content (AvgIpc) is 2.40. The van der Waals surface area contributed by atoms with E-state index in [4.69, 9.17) is 22.7 Å². The van der Waals surface area contributed by atoms with Gasteiger partial charge in [0.2, 0.25) is 0 Å². The first-order valence-electron chi connectivity index (χ1n) is 6.51. The molecule has 1 aromatic rings. The summed E-state index contributed by atoms with van der Waals surface area (Å²) in [7, 11) is 0. The van der Waals surface area contributed by atoms with E-state index in [1.54, 1.807) is 0 Å². The molecule has 2 rings (SSSR count). The Morgan fingerprint density at radius 3 is 2.78 bits per heavy atom. The van der Waals surface area contributed by atoms with E-state index < -0.39 is 0 Å². The Hall–Kier alpha value is -1.13. The van der Waals surface area contributed by atoms with Crippen LogP contribution in [0.3, 0.4) is 0 Å². The fourth-order valence-corrected chi connectivity index (χ4v) is 2.34. The van der Waals surface area contributed by atoms with Crippen LogP contribution in [-0.2, 0) is 0 Å². The minimum Gasteiger partial charge on any atom is -0.492 e. The van der Waals surface area contributed by atoms with E-state index in [-0.39, 0.29) is 0 Å². The highest BCUT2D eigenvalue weighted by molar-refractivity contribution is 7.80. The third-order valence-corrected chi connectivity index (χ3v) is 3.48. The van der Waals surface area contributed by atoms with Crippen molar-refractivity contribution in [2.45, 2.75) is 19.3 Å². The number of hydrogen-bond donors (Lipinski definition) is 1. The molecule has 0 atom stereocenters. The molecule has 0 unspecified atom stereocenters. The number of nitrogens with zero attached hydrogens (tertiary/aromatic N) is 1. The van der Waals surface area contributed by atoms with Gasteiger partial charge >= 0.3 is 0 Å². The second-order valence-electron chi connectivity index (χ2n) is 4.64. The van der Waals surface area contributed by atoms with Crippen molar-refractivity contribution < 1.29 is 4.74 Å². The Labute approximate surface area is 114 Å². The highest BCUT2D eigenvalue weighted by Gasteiger charge is 2.09. The van der Waals surface area contributed by atoms with Gasteiger partial charge in [-0.25, -0.2) is 0 Å². The normalized spacial score (nSPS) is 16.4. The van der Waals surface area contributed by atoms with Crippen LogP contribution in [0, 0.1) is 0 Å². The molecule has 0 bridgehead atoms. The van der Waals surface area contributed by atoms with E-state index in [9.17, 15) is 0 Å². The molecule has 2 N–H and O–H groups in total. The van der Waals surface area contributed by atoms with Gasteiger partial charge in [0, 0.05) is 12.1 Å². The van der Waals surface area contributed by atoms with E-state index in [0.29, 0.717) is 4.99 Å². The summed E-state index contributed by atoms with van der Waals surface area (Å²) < 4.78 is 5.74. The lowest BCUT2D eigenvalue weighted by atomic mass is 10.1. The lowest BCUT2D eigenvalue weighted by Crippen LogP contribution is -2.33. The molecule has 0 aromatic heterocycles. The number of likely N-dealkylation sites (tertiary alicyclic amines) is 1. The topological polar surface area (TPSA) is 38.5 Å². The molecule has 98 valence electrons. The first-order chi connectivity index (χ1) is 8.75. The summed E-state index contributed by atoms with van der Waals surface area (Å²) >= 11 is 4.95. The third kappa shape index (κ3) is 3.96. The maximum atomic E-state index is 5.74. The van der Waals surface area contributed by atoms with Crippen molar-refractivity contribution in [2.75, 3.05) is 26.2 Å². The predicted molar refractivity (Wildman–Crippen MR) is 78.1 cm³/mol. The van der Waals surface area contributed by atoms with Crippen LogP contribution in [0.1, 0.15) is 24.8 Å². The molecule has 4 heteroatoms.